The standard InChI is InChI=1S/C11H13ClN6/c12-9-6-8(11-14-16-17-15-11)7-10(13-9)18-4-2-1-3-5-18/h6-7H,1-5H2,(H,14,15,16,17). The Kier molecular flexibility index (Phi) is 3.10. The molecule has 1 N–H and O–H groups in total. The molecule has 0 amide bonds. The largest absolute Gasteiger partial charge is 0.357 e. The Bertz CT molecular complexity index is 520. The third-order valence-electron chi connectivity index (χ3n) is 3.06. The number of nitrogens with one attached hydrogen (secondary N) is 1. The van der Waals surface area contributed by atoms with E-state index < -0.39 is 0 Å². The van der Waals surface area contributed by atoms with E-state index in [0.717, 1.165) is 24.5 Å². The van der Waals surface area contributed by atoms with Gasteiger partial charge in [-0.2, -0.15) is 5.21 Å². The number of nitrogens with zero attached hydrogens (tertiary/aromatic N) is 5. The van der Waals surface area contributed by atoms with Crippen LogP contribution >= 0.6 is 11.6 Å². The topological polar surface area (TPSA) is 70.6 Å². The molecule has 1 fully saturated rings. The van der Waals surface area contributed by atoms with Crippen LogP contribution in [0.5, 0.6) is 0 Å². The molecule has 0 bridgehead atoms. The van der Waals surface area contributed by atoms with Crippen LogP contribution < -0.4 is 4.90 Å². The van der Waals surface area contributed by atoms with Gasteiger partial charge in [-0.25, -0.2) is 4.98 Å². The van der Waals surface area contributed by atoms with Crippen molar-refractivity contribution < 1.29 is 0 Å². The van der Waals surface area contributed by atoms with Crippen LogP contribution in [0.1, 0.15) is 19.3 Å². The highest BCUT2D eigenvalue weighted by atomic mass is 35.5. The molecule has 1 aliphatic heterocycles. The van der Waals surface area contributed by atoms with Gasteiger partial charge < -0.3 is 4.90 Å². The lowest BCUT2D eigenvalue weighted by Gasteiger charge is -2.27. The molecule has 3 rings (SSSR count). The van der Waals surface area contributed by atoms with E-state index in [9.17, 15) is 0 Å². The van der Waals surface area contributed by atoms with Gasteiger partial charge >= 0.3 is 0 Å². The second-order valence-electron chi connectivity index (χ2n) is 4.32. The highest BCUT2D eigenvalue weighted by Gasteiger charge is 2.15. The highest BCUT2D eigenvalue weighted by Crippen LogP contribution is 2.25. The summed E-state index contributed by atoms with van der Waals surface area (Å²) in [5.41, 5.74) is 0.837. The summed E-state index contributed by atoms with van der Waals surface area (Å²) in [5.74, 6) is 1.43. The SMILES string of the molecule is Clc1cc(-c2nn[nH]n2)cc(N2CCCCC2)n1. The lowest BCUT2D eigenvalue weighted by atomic mass is 10.1. The second-order valence-corrected chi connectivity index (χ2v) is 4.71. The fourth-order valence-corrected chi connectivity index (χ4v) is 2.39. The number of pyridine rings is 1. The van der Waals surface area contributed by atoms with Crippen molar-refractivity contribution in [3.05, 3.63) is 17.3 Å². The van der Waals surface area contributed by atoms with E-state index in [1.807, 2.05) is 6.07 Å². The van der Waals surface area contributed by atoms with E-state index >= 15 is 0 Å². The fourth-order valence-electron chi connectivity index (χ4n) is 2.18. The lowest BCUT2D eigenvalue weighted by Crippen LogP contribution is -2.30. The minimum absolute atomic E-state index is 0.456. The first-order valence-electron chi connectivity index (χ1n) is 5.99. The predicted octanol–water partition coefficient (Wildman–Crippen LogP) is 1.91. The average Bonchev–Trinajstić information content (AvgIpc) is 2.93. The molecule has 2 aromatic rings. The summed E-state index contributed by atoms with van der Waals surface area (Å²) in [4.78, 5) is 6.62. The van der Waals surface area contributed by atoms with Crippen molar-refractivity contribution in [3.8, 4) is 11.4 Å². The van der Waals surface area contributed by atoms with Crippen molar-refractivity contribution in [2.24, 2.45) is 0 Å². The molecule has 0 radical (unpaired) electrons. The maximum absolute atomic E-state index is 6.06. The molecule has 0 unspecified atom stereocenters. The van der Waals surface area contributed by atoms with Crippen LogP contribution in [0.3, 0.4) is 0 Å². The van der Waals surface area contributed by atoms with Gasteiger partial charge in [0.25, 0.3) is 0 Å². The maximum Gasteiger partial charge on any atom is 0.204 e. The number of halogens is 1. The van der Waals surface area contributed by atoms with Crippen molar-refractivity contribution in [1.29, 1.82) is 0 Å². The molecule has 1 aliphatic rings. The molecule has 3 heterocycles. The van der Waals surface area contributed by atoms with Crippen LogP contribution in [0.25, 0.3) is 11.4 Å². The number of aromatic nitrogens is 5. The highest BCUT2D eigenvalue weighted by molar-refractivity contribution is 6.29. The number of rotatable bonds is 2. The molecule has 6 nitrogen and oxygen atoms in total. The third-order valence-corrected chi connectivity index (χ3v) is 3.26. The lowest BCUT2D eigenvalue weighted by molar-refractivity contribution is 0.573. The van der Waals surface area contributed by atoms with Gasteiger partial charge in [0.05, 0.1) is 0 Å². The third kappa shape index (κ3) is 2.28. The first kappa shape index (κ1) is 11.4. The summed E-state index contributed by atoms with van der Waals surface area (Å²) in [5, 5.41) is 14.4. The number of hydrogen-bond donors (Lipinski definition) is 1. The minimum Gasteiger partial charge on any atom is -0.357 e. The Labute approximate surface area is 109 Å². The Morgan fingerprint density at radius 2 is 2.00 bits per heavy atom. The predicted molar refractivity (Wildman–Crippen MR) is 68.5 cm³/mol. The average molecular weight is 265 g/mol. The molecule has 0 aromatic carbocycles. The smallest absolute Gasteiger partial charge is 0.204 e. The zero-order valence-electron chi connectivity index (χ0n) is 9.80. The quantitative estimate of drug-likeness (QED) is 0.839. The molecule has 0 spiro atoms. The van der Waals surface area contributed by atoms with Crippen molar-refractivity contribution >= 4 is 17.4 Å². The van der Waals surface area contributed by atoms with E-state index in [4.69, 9.17) is 11.6 Å². The number of anilines is 1. The van der Waals surface area contributed by atoms with E-state index in [0.29, 0.717) is 11.0 Å². The zero-order chi connectivity index (χ0) is 12.4. The molecule has 1 saturated heterocycles. The number of piperidine rings is 1. The van der Waals surface area contributed by atoms with Crippen molar-refractivity contribution in [1.82, 2.24) is 25.6 Å². The zero-order valence-corrected chi connectivity index (χ0v) is 10.6. The van der Waals surface area contributed by atoms with Gasteiger partial charge in [-0.3, -0.25) is 0 Å². The number of hydrogen-bond acceptors (Lipinski definition) is 5. The number of tetrazole rings is 1. The van der Waals surface area contributed by atoms with Gasteiger partial charge in [-0.05, 0) is 36.6 Å². The van der Waals surface area contributed by atoms with Crippen molar-refractivity contribution in [3.63, 3.8) is 0 Å². The molecule has 0 aliphatic carbocycles. The van der Waals surface area contributed by atoms with Gasteiger partial charge in [0.2, 0.25) is 5.82 Å². The first-order chi connectivity index (χ1) is 8.83. The molecule has 0 atom stereocenters. The van der Waals surface area contributed by atoms with E-state index in [2.05, 4.69) is 30.5 Å². The van der Waals surface area contributed by atoms with Gasteiger partial charge in [-0.15, -0.1) is 10.2 Å². The van der Waals surface area contributed by atoms with Crippen LogP contribution in [0.15, 0.2) is 12.1 Å². The molecular weight excluding hydrogens is 252 g/mol. The van der Waals surface area contributed by atoms with Gasteiger partial charge in [0, 0.05) is 18.7 Å². The molecule has 94 valence electrons. The summed E-state index contributed by atoms with van der Waals surface area (Å²) in [6.45, 7) is 2.05. The number of H-pyrrole nitrogens is 1. The van der Waals surface area contributed by atoms with Crippen molar-refractivity contribution in [2.75, 3.05) is 18.0 Å². The second kappa shape index (κ2) is 4.89. The Morgan fingerprint density at radius 1 is 1.17 bits per heavy atom. The Hall–Kier alpha value is -1.69. The number of aromatic amines is 1. The van der Waals surface area contributed by atoms with Crippen LogP contribution in [-0.2, 0) is 0 Å². The van der Waals surface area contributed by atoms with Crippen LogP contribution in [-0.4, -0.2) is 38.7 Å². The van der Waals surface area contributed by atoms with Crippen LogP contribution in [0.4, 0.5) is 5.82 Å². The Balaban J connectivity index is 1.95. The summed E-state index contributed by atoms with van der Waals surface area (Å²) < 4.78 is 0. The summed E-state index contributed by atoms with van der Waals surface area (Å²) in [6.07, 6.45) is 3.69. The molecule has 2 aromatic heterocycles. The van der Waals surface area contributed by atoms with Gasteiger partial charge in [0.15, 0.2) is 0 Å². The van der Waals surface area contributed by atoms with Crippen LogP contribution in [0.2, 0.25) is 5.15 Å². The first-order valence-corrected chi connectivity index (χ1v) is 6.37. The monoisotopic (exact) mass is 264 g/mol. The molecule has 18 heavy (non-hydrogen) atoms. The molecular formula is C11H13ClN6. The van der Waals surface area contributed by atoms with E-state index in [1.54, 1.807) is 6.07 Å². The van der Waals surface area contributed by atoms with E-state index in [-0.39, 0.29) is 0 Å². The fraction of sp³-hybridized carbons (Fsp3) is 0.455. The Morgan fingerprint density at radius 3 is 2.72 bits per heavy atom. The van der Waals surface area contributed by atoms with Gasteiger partial charge in [-0.1, -0.05) is 11.6 Å². The summed E-state index contributed by atoms with van der Waals surface area (Å²) >= 11 is 6.06. The van der Waals surface area contributed by atoms with Crippen molar-refractivity contribution in [2.45, 2.75) is 19.3 Å². The van der Waals surface area contributed by atoms with Crippen LogP contribution in [0, 0.1) is 0 Å². The minimum atomic E-state index is 0.456. The molecule has 0 saturated carbocycles. The summed E-state index contributed by atoms with van der Waals surface area (Å²) in [6, 6.07) is 3.71. The van der Waals surface area contributed by atoms with Gasteiger partial charge in [0.1, 0.15) is 11.0 Å². The maximum atomic E-state index is 6.06. The van der Waals surface area contributed by atoms with E-state index in [1.165, 1.54) is 19.3 Å². The summed E-state index contributed by atoms with van der Waals surface area (Å²) in [7, 11) is 0. The molecule has 7 heteroatoms. The normalized spacial score (nSPS) is 15.9.